The van der Waals surface area contributed by atoms with Crippen LogP contribution in [0.5, 0.6) is 0 Å². The van der Waals surface area contributed by atoms with Crippen LogP contribution < -0.4 is 16.4 Å². The summed E-state index contributed by atoms with van der Waals surface area (Å²) in [6, 6.07) is 8.47. The van der Waals surface area contributed by atoms with Crippen LogP contribution >= 0.6 is 0 Å². The molecule has 3 heterocycles. The summed E-state index contributed by atoms with van der Waals surface area (Å²) in [5.41, 5.74) is 21.7. The number of hydrogen-bond donors (Lipinski definition) is 2. The van der Waals surface area contributed by atoms with E-state index in [0.717, 1.165) is 86.7 Å². The predicted molar refractivity (Wildman–Crippen MR) is 143 cm³/mol. The van der Waals surface area contributed by atoms with Gasteiger partial charge in [-0.3, -0.25) is 4.90 Å². The predicted octanol–water partition coefficient (Wildman–Crippen LogP) is 3.93. The average molecular weight is 470 g/mol. The number of hydrogen-bond acceptors (Lipinski definition) is 6. The molecule has 2 aromatic heterocycles. The molecule has 35 heavy (non-hydrogen) atoms. The van der Waals surface area contributed by atoms with Gasteiger partial charge in [0.05, 0.1) is 6.20 Å². The second-order valence-corrected chi connectivity index (χ2v) is 9.57. The number of allylic oxidation sites excluding steroid dienone is 2. The van der Waals surface area contributed by atoms with Gasteiger partial charge in [0.2, 0.25) is 0 Å². The molecule has 4 N–H and O–H groups in total. The Bertz CT molecular complexity index is 1240. The molecule has 0 amide bonds. The van der Waals surface area contributed by atoms with E-state index in [-0.39, 0.29) is 0 Å². The first kappa shape index (κ1) is 23.3. The summed E-state index contributed by atoms with van der Waals surface area (Å²) in [4.78, 5) is 9.17. The van der Waals surface area contributed by atoms with Crippen molar-refractivity contribution in [2.24, 2.45) is 5.73 Å². The summed E-state index contributed by atoms with van der Waals surface area (Å²) >= 11 is 0. The number of fused-ring (bicyclic) bond motifs is 1. The first-order valence-corrected chi connectivity index (χ1v) is 12.5. The van der Waals surface area contributed by atoms with Gasteiger partial charge in [-0.05, 0) is 60.4 Å². The van der Waals surface area contributed by atoms with Crippen LogP contribution in [0.25, 0.3) is 11.4 Å². The van der Waals surface area contributed by atoms with Gasteiger partial charge in [-0.1, -0.05) is 25.3 Å². The van der Waals surface area contributed by atoms with Gasteiger partial charge in [-0.2, -0.15) is 5.10 Å². The van der Waals surface area contributed by atoms with Crippen molar-refractivity contribution >= 4 is 16.9 Å². The zero-order valence-corrected chi connectivity index (χ0v) is 20.4. The summed E-state index contributed by atoms with van der Waals surface area (Å²) in [5, 5.41) is 4.59. The van der Waals surface area contributed by atoms with Gasteiger partial charge in [0.25, 0.3) is 0 Å². The molecule has 1 aliphatic carbocycles. The lowest BCUT2D eigenvalue weighted by Gasteiger charge is -2.22. The highest BCUT2D eigenvalue weighted by atomic mass is 15.3. The van der Waals surface area contributed by atoms with E-state index in [1.54, 1.807) is 0 Å². The van der Waals surface area contributed by atoms with Gasteiger partial charge in [-0.25, -0.2) is 9.67 Å². The van der Waals surface area contributed by atoms with E-state index in [2.05, 4.69) is 57.4 Å². The number of rotatable bonds is 9. The average Bonchev–Trinajstić information content (AvgIpc) is 3.59. The lowest BCUT2D eigenvalue weighted by atomic mass is 10.00. The Morgan fingerprint density at radius 1 is 1.09 bits per heavy atom. The molecule has 0 unspecified atom stereocenters. The monoisotopic (exact) mass is 469 g/mol. The molecule has 182 valence electrons. The third-order valence-corrected chi connectivity index (χ3v) is 7.19. The number of nitrogen functional groups attached to an aromatic ring is 1. The Morgan fingerprint density at radius 2 is 1.97 bits per heavy atom. The molecule has 0 bridgehead atoms. The number of nitrogens with two attached hydrogens (primary N) is 2. The van der Waals surface area contributed by atoms with Crippen LogP contribution in [0.15, 0.2) is 61.7 Å². The maximum absolute atomic E-state index is 6.53. The maximum Gasteiger partial charge on any atom is 0.155 e. The minimum absolute atomic E-state index is 0.608. The van der Waals surface area contributed by atoms with Crippen LogP contribution in [0.4, 0.5) is 11.4 Å². The SMILES string of the molecule is C=C1CCc2c1ccc(CCN(CCN)Cc1cnn(-c3cc(N4CCCC4=C)ccn3)c1)c2N. The molecule has 0 radical (unpaired) electrons. The van der Waals surface area contributed by atoms with E-state index < -0.39 is 0 Å². The molecule has 1 saturated heterocycles. The molecule has 1 fully saturated rings. The molecular weight excluding hydrogens is 434 g/mol. The normalized spacial score (nSPS) is 15.4. The minimum atomic E-state index is 0.608. The Balaban J connectivity index is 1.26. The molecule has 0 atom stereocenters. The van der Waals surface area contributed by atoms with Crippen molar-refractivity contribution in [1.29, 1.82) is 0 Å². The number of anilines is 2. The molecule has 0 spiro atoms. The third kappa shape index (κ3) is 4.88. The van der Waals surface area contributed by atoms with Crippen molar-refractivity contribution < 1.29 is 0 Å². The molecule has 2 aliphatic rings. The van der Waals surface area contributed by atoms with Crippen LogP contribution in [0.1, 0.15) is 41.5 Å². The molecule has 7 nitrogen and oxygen atoms in total. The second-order valence-electron chi connectivity index (χ2n) is 9.57. The summed E-state index contributed by atoms with van der Waals surface area (Å²) in [7, 11) is 0. The maximum atomic E-state index is 6.53. The highest BCUT2D eigenvalue weighted by molar-refractivity contribution is 5.77. The van der Waals surface area contributed by atoms with Gasteiger partial charge in [-0.15, -0.1) is 0 Å². The van der Waals surface area contributed by atoms with E-state index in [9.17, 15) is 0 Å². The van der Waals surface area contributed by atoms with E-state index in [4.69, 9.17) is 11.5 Å². The Kier molecular flexibility index (Phi) is 6.70. The Morgan fingerprint density at radius 3 is 2.77 bits per heavy atom. The van der Waals surface area contributed by atoms with Gasteiger partial charge in [0.15, 0.2) is 5.82 Å². The summed E-state index contributed by atoms with van der Waals surface area (Å²) in [6.45, 7) is 12.5. The number of nitrogens with zero attached hydrogens (tertiary/aromatic N) is 5. The number of pyridine rings is 1. The summed E-state index contributed by atoms with van der Waals surface area (Å²) in [5.74, 6) is 0.811. The van der Waals surface area contributed by atoms with Gasteiger partial charge in [0.1, 0.15) is 0 Å². The first-order chi connectivity index (χ1) is 17.0. The molecule has 3 aromatic rings. The zero-order valence-electron chi connectivity index (χ0n) is 20.4. The van der Waals surface area contributed by atoms with Crippen molar-refractivity contribution in [2.75, 3.05) is 36.8 Å². The van der Waals surface area contributed by atoms with Crippen molar-refractivity contribution in [3.8, 4) is 5.82 Å². The smallest absolute Gasteiger partial charge is 0.155 e. The topological polar surface area (TPSA) is 89.2 Å². The van der Waals surface area contributed by atoms with E-state index >= 15 is 0 Å². The van der Waals surface area contributed by atoms with Gasteiger partial charge >= 0.3 is 0 Å². The van der Waals surface area contributed by atoms with Crippen molar-refractivity contribution in [3.63, 3.8) is 0 Å². The Hall–Kier alpha value is -3.42. The van der Waals surface area contributed by atoms with Crippen molar-refractivity contribution in [3.05, 3.63) is 84.0 Å². The van der Waals surface area contributed by atoms with E-state index in [1.807, 2.05) is 23.1 Å². The van der Waals surface area contributed by atoms with E-state index in [1.165, 1.54) is 22.3 Å². The van der Waals surface area contributed by atoms with Gasteiger partial charge < -0.3 is 16.4 Å². The van der Waals surface area contributed by atoms with E-state index in [0.29, 0.717) is 6.54 Å². The van der Waals surface area contributed by atoms with Gasteiger partial charge in [0, 0.05) is 73.8 Å². The number of benzene rings is 1. The van der Waals surface area contributed by atoms with Crippen molar-refractivity contribution in [2.45, 2.75) is 38.6 Å². The molecular formula is C28H35N7. The fraction of sp³-hybridized carbons (Fsp3) is 0.357. The minimum Gasteiger partial charge on any atom is -0.398 e. The highest BCUT2D eigenvalue weighted by Crippen LogP contribution is 2.36. The summed E-state index contributed by atoms with van der Waals surface area (Å²) in [6.07, 6.45) is 10.9. The first-order valence-electron chi connectivity index (χ1n) is 12.5. The second kappa shape index (κ2) is 10.1. The quantitative estimate of drug-likeness (QED) is 0.462. The van der Waals surface area contributed by atoms with Crippen LogP contribution in [0, 0.1) is 0 Å². The van der Waals surface area contributed by atoms with Crippen LogP contribution in [0.3, 0.4) is 0 Å². The third-order valence-electron chi connectivity index (χ3n) is 7.19. The Labute approximate surface area is 207 Å². The van der Waals surface area contributed by atoms with Crippen molar-refractivity contribution in [1.82, 2.24) is 19.7 Å². The lowest BCUT2D eigenvalue weighted by Crippen LogP contribution is -2.31. The molecule has 7 heteroatoms. The highest BCUT2D eigenvalue weighted by Gasteiger charge is 2.20. The fourth-order valence-corrected chi connectivity index (χ4v) is 5.25. The molecule has 5 rings (SSSR count). The molecule has 0 saturated carbocycles. The zero-order chi connectivity index (χ0) is 24.4. The standard InChI is InChI=1S/C28H35N7/c1-20-5-7-26-25(20)8-6-23(28(26)30)10-14-33(15-11-29)18-22-17-32-35(19-22)27-16-24(9-12-31-27)34-13-3-4-21(34)2/h6,8-9,12,16-17,19H,1-5,7,10-11,13-15,18,29-30H2. The van der Waals surface area contributed by atoms with Crippen LogP contribution in [0.2, 0.25) is 0 Å². The summed E-state index contributed by atoms with van der Waals surface area (Å²) < 4.78 is 1.85. The van der Waals surface area contributed by atoms with Crippen LogP contribution in [-0.4, -0.2) is 45.8 Å². The molecule has 1 aliphatic heterocycles. The number of aromatic nitrogens is 3. The molecule has 1 aromatic carbocycles. The largest absolute Gasteiger partial charge is 0.398 e. The fourth-order valence-electron chi connectivity index (χ4n) is 5.25. The lowest BCUT2D eigenvalue weighted by molar-refractivity contribution is 0.276. The van der Waals surface area contributed by atoms with Crippen LogP contribution in [-0.2, 0) is 19.4 Å².